The molecule has 114 valence electrons. The Morgan fingerprint density at radius 2 is 2.23 bits per heavy atom. The molecule has 4 rings (SSSR count). The van der Waals surface area contributed by atoms with Gasteiger partial charge in [-0.05, 0) is 17.7 Å². The van der Waals surface area contributed by atoms with Gasteiger partial charge in [-0.15, -0.1) is 11.3 Å². The first-order valence-electron chi connectivity index (χ1n) is 7.15. The van der Waals surface area contributed by atoms with Crippen molar-refractivity contribution in [1.29, 1.82) is 0 Å². The first-order valence-corrected chi connectivity index (χ1v) is 7.97. The molecule has 0 radical (unpaired) electrons. The average molecular weight is 317 g/mol. The second kappa shape index (κ2) is 5.26. The van der Waals surface area contributed by atoms with Crippen molar-refractivity contribution in [3.8, 4) is 16.2 Å². The van der Waals surface area contributed by atoms with Gasteiger partial charge in [0, 0.05) is 18.9 Å². The van der Waals surface area contributed by atoms with Crippen LogP contribution in [-0.2, 0) is 0 Å². The second-order valence-electron chi connectivity index (χ2n) is 5.26. The molecular formula is C15H15N3O3S. The number of carbonyl (C=O) groups is 1. The van der Waals surface area contributed by atoms with Crippen molar-refractivity contribution in [3.63, 3.8) is 0 Å². The van der Waals surface area contributed by atoms with Gasteiger partial charge in [-0.25, -0.2) is 0 Å². The van der Waals surface area contributed by atoms with Crippen LogP contribution in [-0.4, -0.2) is 48.3 Å². The maximum atomic E-state index is 12.4. The molecule has 0 fully saturated rings. The molecule has 1 atom stereocenters. The molecule has 1 amide bonds. The number of carbonyl (C=O) groups excluding carboxylic acids is 1. The lowest BCUT2D eigenvalue weighted by Crippen LogP contribution is -2.46. The van der Waals surface area contributed by atoms with E-state index in [1.165, 1.54) is 11.3 Å². The normalized spacial score (nSPS) is 20.0. The molecule has 0 saturated carbocycles. The number of aliphatic hydroxyl groups excluding tert-OH is 1. The minimum atomic E-state index is -0.118. The molecule has 0 unspecified atom stereocenters. The zero-order valence-corrected chi connectivity index (χ0v) is 12.6. The van der Waals surface area contributed by atoms with Crippen LogP contribution in [0, 0.1) is 0 Å². The summed E-state index contributed by atoms with van der Waals surface area (Å²) in [7, 11) is 0. The molecule has 2 aromatic rings. The number of amides is 1. The number of thiophene rings is 1. The van der Waals surface area contributed by atoms with Crippen molar-refractivity contribution in [1.82, 2.24) is 10.3 Å². The van der Waals surface area contributed by atoms with Crippen molar-refractivity contribution in [2.24, 2.45) is 0 Å². The number of nitrogens with one attached hydrogen (secondary N) is 1. The number of anilines is 1. The lowest BCUT2D eigenvalue weighted by molar-refractivity contribution is 0.0956. The average Bonchev–Trinajstić information content (AvgIpc) is 2.90. The highest BCUT2D eigenvalue weighted by Gasteiger charge is 2.37. The molecule has 2 aromatic heterocycles. The van der Waals surface area contributed by atoms with E-state index < -0.39 is 0 Å². The SMILES string of the molecule is O=C1NC[C@H](CO)N2CCOc3c(-c4ccncc4)sc1c32. The van der Waals surface area contributed by atoms with Crippen LogP contribution >= 0.6 is 11.3 Å². The maximum absolute atomic E-state index is 12.4. The molecule has 6 nitrogen and oxygen atoms in total. The van der Waals surface area contributed by atoms with Crippen molar-refractivity contribution in [2.45, 2.75) is 6.04 Å². The molecule has 0 aromatic carbocycles. The fourth-order valence-electron chi connectivity index (χ4n) is 2.94. The Kier molecular flexibility index (Phi) is 3.24. The number of hydrogen-bond acceptors (Lipinski definition) is 6. The summed E-state index contributed by atoms with van der Waals surface area (Å²) >= 11 is 1.43. The first kappa shape index (κ1) is 13.5. The van der Waals surface area contributed by atoms with Crippen LogP contribution in [0.25, 0.3) is 10.4 Å². The number of pyridine rings is 1. The van der Waals surface area contributed by atoms with Gasteiger partial charge in [-0.3, -0.25) is 9.78 Å². The Balaban J connectivity index is 1.91. The van der Waals surface area contributed by atoms with Gasteiger partial charge in [0.15, 0.2) is 5.75 Å². The van der Waals surface area contributed by atoms with Crippen molar-refractivity contribution < 1.29 is 14.6 Å². The van der Waals surface area contributed by atoms with Gasteiger partial charge in [-0.1, -0.05) is 0 Å². The third kappa shape index (κ3) is 1.97. The Bertz CT molecular complexity index is 716. The summed E-state index contributed by atoms with van der Waals surface area (Å²) in [5, 5.41) is 12.5. The van der Waals surface area contributed by atoms with Gasteiger partial charge >= 0.3 is 0 Å². The van der Waals surface area contributed by atoms with Crippen LogP contribution in [0.5, 0.6) is 5.75 Å². The maximum Gasteiger partial charge on any atom is 0.263 e. The summed E-state index contributed by atoms with van der Waals surface area (Å²) < 4.78 is 5.88. The predicted octanol–water partition coefficient (Wildman–Crippen LogP) is 1.11. The molecule has 0 saturated heterocycles. The van der Waals surface area contributed by atoms with E-state index in [1.807, 2.05) is 12.1 Å². The Hall–Kier alpha value is -2.12. The highest BCUT2D eigenvalue weighted by atomic mass is 32.1. The molecule has 0 spiro atoms. The Morgan fingerprint density at radius 3 is 3.00 bits per heavy atom. The van der Waals surface area contributed by atoms with E-state index in [0.29, 0.717) is 24.6 Å². The van der Waals surface area contributed by atoms with Crippen LogP contribution in [0.2, 0.25) is 0 Å². The van der Waals surface area contributed by atoms with Gasteiger partial charge in [0.1, 0.15) is 17.2 Å². The number of aromatic nitrogens is 1. The molecule has 4 heterocycles. The number of ether oxygens (including phenoxy) is 1. The molecule has 0 aliphatic carbocycles. The molecule has 2 aliphatic heterocycles. The van der Waals surface area contributed by atoms with Crippen LogP contribution in [0.15, 0.2) is 24.5 Å². The van der Waals surface area contributed by atoms with Crippen molar-refractivity contribution in [3.05, 3.63) is 29.4 Å². The summed E-state index contributed by atoms with van der Waals surface area (Å²) in [6, 6.07) is 3.70. The largest absolute Gasteiger partial charge is 0.488 e. The second-order valence-corrected chi connectivity index (χ2v) is 6.28. The molecule has 7 heteroatoms. The van der Waals surface area contributed by atoms with Crippen LogP contribution < -0.4 is 15.0 Å². The molecule has 2 aliphatic rings. The fraction of sp³-hybridized carbons (Fsp3) is 0.333. The third-order valence-corrected chi connectivity index (χ3v) is 5.21. The first-order chi connectivity index (χ1) is 10.8. The van der Waals surface area contributed by atoms with Crippen LogP contribution in [0.4, 0.5) is 5.69 Å². The smallest absolute Gasteiger partial charge is 0.263 e. The standard InChI is InChI=1S/C15H15N3O3S/c19-8-10-7-17-15(20)14-11-12(21-6-5-18(10)11)13(22-14)9-1-3-16-4-2-9/h1-4,10,19H,5-8H2,(H,17,20)/t10-/m1/s1. The van der Waals surface area contributed by atoms with Crippen LogP contribution in [0.3, 0.4) is 0 Å². The molecular weight excluding hydrogens is 302 g/mol. The Labute approximate surface area is 131 Å². The number of nitrogens with zero attached hydrogens (tertiary/aromatic N) is 2. The van der Waals surface area contributed by atoms with E-state index >= 15 is 0 Å². The van der Waals surface area contributed by atoms with Gasteiger partial charge in [0.05, 0.1) is 24.1 Å². The van der Waals surface area contributed by atoms with Gasteiger partial charge in [-0.2, -0.15) is 0 Å². The van der Waals surface area contributed by atoms with E-state index in [1.54, 1.807) is 12.4 Å². The van der Waals surface area contributed by atoms with E-state index in [2.05, 4.69) is 15.2 Å². The fourth-order valence-corrected chi connectivity index (χ4v) is 4.11. The quantitative estimate of drug-likeness (QED) is 0.868. The van der Waals surface area contributed by atoms with E-state index in [4.69, 9.17) is 4.74 Å². The summed E-state index contributed by atoms with van der Waals surface area (Å²) in [6.07, 6.45) is 3.45. The third-order valence-electron chi connectivity index (χ3n) is 4.00. The van der Waals surface area contributed by atoms with Gasteiger partial charge < -0.3 is 20.1 Å². The van der Waals surface area contributed by atoms with E-state index in [0.717, 1.165) is 21.9 Å². The Morgan fingerprint density at radius 1 is 1.41 bits per heavy atom. The van der Waals surface area contributed by atoms with E-state index in [9.17, 15) is 9.90 Å². The highest BCUT2D eigenvalue weighted by Crippen LogP contribution is 2.50. The molecule has 0 bridgehead atoms. The highest BCUT2D eigenvalue weighted by molar-refractivity contribution is 7.18. The zero-order valence-electron chi connectivity index (χ0n) is 11.8. The van der Waals surface area contributed by atoms with Crippen molar-refractivity contribution >= 4 is 22.9 Å². The zero-order chi connectivity index (χ0) is 15.1. The summed E-state index contributed by atoms with van der Waals surface area (Å²) in [5.41, 5.74) is 1.80. The minimum absolute atomic E-state index is 0.000400. The number of hydrogen-bond donors (Lipinski definition) is 2. The van der Waals surface area contributed by atoms with Gasteiger partial charge in [0.25, 0.3) is 5.91 Å². The van der Waals surface area contributed by atoms with Crippen molar-refractivity contribution in [2.75, 3.05) is 31.2 Å². The van der Waals surface area contributed by atoms with Gasteiger partial charge in [0.2, 0.25) is 0 Å². The number of rotatable bonds is 2. The predicted molar refractivity (Wildman–Crippen MR) is 83.6 cm³/mol. The molecule has 22 heavy (non-hydrogen) atoms. The number of aliphatic hydroxyl groups is 1. The monoisotopic (exact) mass is 317 g/mol. The lowest BCUT2D eigenvalue weighted by Gasteiger charge is -2.34. The van der Waals surface area contributed by atoms with E-state index in [-0.39, 0.29) is 18.6 Å². The topological polar surface area (TPSA) is 74.7 Å². The lowest BCUT2D eigenvalue weighted by atomic mass is 10.1. The summed E-state index contributed by atoms with van der Waals surface area (Å²) in [5.74, 6) is 0.640. The molecule has 2 N–H and O–H groups in total. The van der Waals surface area contributed by atoms with Crippen LogP contribution in [0.1, 0.15) is 9.67 Å². The summed E-state index contributed by atoms with van der Waals surface area (Å²) in [6.45, 7) is 1.67. The minimum Gasteiger partial charge on any atom is -0.488 e. The summed E-state index contributed by atoms with van der Waals surface area (Å²) in [4.78, 5) is 20.1.